The summed E-state index contributed by atoms with van der Waals surface area (Å²) < 4.78 is 5.39. The lowest BCUT2D eigenvalue weighted by molar-refractivity contribution is -0.245. The summed E-state index contributed by atoms with van der Waals surface area (Å²) in [4.78, 5) is 14.7. The van der Waals surface area contributed by atoms with E-state index in [1.54, 1.807) is 6.08 Å². The number of morpholine rings is 1. The summed E-state index contributed by atoms with van der Waals surface area (Å²) in [5.74, 6) is -0.0970. The van der Waals surface area contributed by atoms with Gasteiger partial charge in [-0.05, 0) is 64.3 Å². The van der Waals surface area contributed by atoms with Crippen molar-refractivity contribution in [1.29, 1.82) is 0 Å². The van der Waals surface area contributed by atoms with Crippen LogP contribution in [0, 0.1) is 0 Å². The van der Waals surface area contributed by atoms with Crippen molar-refractivity contribution < 1.29 is 14.7 Å². The van der Waals surface area contributed by atoms with E-state index in [4.69, 9.17) is 4.74 Å². The maximum Gasteiger partial charge on any atom is 0.244 e. The number of piperidine rings is 1. The molecular formula is C22H33N3O3. The summed E-state index contributed by atoms with van der Waals surface area (Å²) in [6.07, 6.45) is 4.85. The van der Waals surface area contributed by atoms with E-state index in [2.05, 4.69) is 22.3 Å². The number of anilines is 1. The second kappa shape index (κ2) is 8.23. The molecule has 0 aromatic heterocycles. The molecule has 0 spiro atoms. The number of benzene rings is 1. The fourth-order valence-electron chi connectivity index (χ4n) is 4.41. The number of rotatable bonds is 4. The maximum atomic E-state index is 12.4. The van der Waals surface area contributed by atoms with Crippen molar-refractivity contribution in [3.05, 3.63) is 35.9 Å². The molecule has 0 saturated carbocycles. The third-order valence-electron chi connectivity index (χ3n) is 5.68. The number of carbonyl (C=O) groups excluding carboxylic acids is 1. The predicted molar refractivity (Wildman–Crippen MR) is 111 cm³/mol. The Hall–Kier alpha value is -1.89. The first-order valence-corrected chi connectivity index (χ1v) is 10.1. The molecular weight excluding hydrogens is 354 g/mol. The normalized spacial score (nSPS) is 23.1. The van der Waals surface area contributed by atoms with Crippen LogP contribution in [0.5, 0.6) is 0 Å². The van der Waals surface area contributed by atoms with Crippen LogP contribution in [0.25, 0.3) is 6.08 Å². The van der Waals surface area contributed by atoms with Crippen LogP contribution in [-0.4, -0.2) is 59.6 Å². The molecule has 2 N–H and O–H groups in total. The van der Waals surface area contributed by atoms with Gasteiger partial charge in [0.15, 0.2) is 0 Å². The molecule has 0 atom stereocenters. The summed E-state index contributed by atoms with van der Waals surface area (Å²) in [6.45, 7) is 11.4. The molecule has 2 aliphatic rings. The zero-order chi connectivity index (χ0) is 20.4. The number of hydrogen-bond acceptors (Lipinski definition) is 5. The average Bonchev–Trinajstić information content (AvgIpc) is 2.65. The van der Waals surface area contributed by atoms with Gasteiger partial charge in [-0.1, -0.05) is 12.1 Å². The monoisotopic (exact) mass is 387 g/mol. The van der Waals surface area contributed by atoms with E-state index >= 15 is 0 Å². The van der Waals surface area contributed by atoms with Crippen molar-refractivity contribution in [1.82, 2.24) is 10.4 Å². The summed E-state index contributed by atoms with van der Waals surface area (Å²) in [6, 6.07) is 8.28. The van der Waals surface area contributed by atoms with Gasteiger partial charge in [0.1, 0.15) is 0 Å². The van der Waals surface area contributed by atoms with E-state index in [-0.39, 0.29) is 23.0 Å². The van der Waals surface area contributed by atoms with Crippen molar-refractivity contribution in [3.63, 3.8) is 0 Å². The summed E-state index contributed by atoms with van der Waals surface area (Å²) in [5.41, 5.74) is 1.43. The van der Waals surface area contributed by atoms with Gasteiger partial charge in [-0.2, -0.15) is 5.06 Å². The second-order valence-corrected chi connectivity index (χ2v) is 9.07. The van der Waals surface area contributed by atoms with Crippen molar-refractivity contribution in [2.24, 2.45) is 0 Å². The van der Waals surface area contributed by atoms with Gasteiger partial charge >= 0.3 is 0 Å². The number of ether oxygens (including phenoxy) is 1. The standard InChI is InChI=1S/C22H33N3O3/c1-21(2)15-18(16-22(3,4)25(21)27)23-20(26)10-7-17-5-8-19(9-6-17)24-11-13-28-14-12-24/h5-10,18,27H,11-16H2,1-4H3,(H,23,26)/b10-7-. The van der Waals surface area contributed by atoms with Crippen molar-refractivity contribution in [2.75, 3.05) is 31.2 Å². The molecule has 6 heteroatoms. The van der Waals surface area contributed by atoms with Crippen LogP contribution in [0.1, 0.15) is 46.1 Å². The minimum Gasteiger partial charge on any atom is -0.378 e. The molecule has 1 aromatic rings. The van der Waals surface area contributed by atoms with E-state index in [9.17, 15) is 10.0 Å². The van der Waals surface area contributed by atoms with Crippen LogP contribution in [0.2, 0.25) is 0 Å². The van der Waals surface area contributed by atoms with Gasteiger partial charge in [0.25, 0.3) is 0 Å². The highest BCUT2D eigenvalue weighted by atomic mass is 16.5. The zero-order valence-corrected chi connectivity index (χ0v) is 17.4. The Kier molecular flexibility index (Phi) is 6.12. The Morgan fingerprint density at radius 1 is 1.11 bits per heavy atom. The van der Waals surface area contributed by atoms with Crippen molar-refractivity contribution >= 4 is 17.7 Å². The SMILES string of the molecule is CC1(C)CC(NC(=O)/C=C\c2ccc(N3CCOCC3)cc2)CC(C)(C)N1O. The smallest absolute Gasteiger partial charge is 0.244 e. The van der Waals surface area contributed by atoms with Gasteiger partial charge < -0.3 is 20.2 Å². The number of carbonyl (C=O) groups is 1. The molecule has 0 bridgehead atoms. The molecule has 2 aliphatic heterocycles. The van der Waals surface area contributed by atoms with Crippen LogP contribution < -0.4 is 10.2 Å². The minimum atomic E-state index is -0.376. The molecule has 2 heterocycles. The topological polar surface area (TPSA) is 65.0 Å². The molecule has 0 aliphatic carbocycles. The summed E-state index contributed by atoms with van der Waals surface area (Å²) in [5, 5.41) is 14.9. The Bertz CT molecular complexity index is 688. The number of hydrogen-bond donors (Lipinski definition) is 2. The highest BCUT2D eigenvalue weighted by Crippen LogP contribution is 2.36. The lowest BCUT2D eigenvalue weighted by Crippen LogP contribution is -2.62. The Labute approximate surface area is 168 Å². The average molecular weight is 388 g/mol. The van der Waals surface area contributed by atoms with E-state index in [0.29, 0.717) is 12.8 Å². The second-order valence-electron chi connectivity index (χ2n) is 9.07. The first kappa shape index (κ1) is 20.8. The highest BCUT2D eigenvalue weighted by molar-refractivity contribution is 5.92. The lowest BCUT2D eigenvalue weighted by atomic mass is 9.79. The van der Waals surface area contributed by atoms with E-state index < -0.39 is 0 Å². The quantitative estimate of drug-likeness (QED) is 0.778. The molecule has 28 heavy (non-hydrogen) atoms. The van der Waals surface area contributed by atoms with Gasteiger partial charge in [0.2, 0.25) is 5.91 Å². The molecule has 154 valence electrons. The van der Waals surface area contributed by atoms with Gasteiger partial charge in [-0.15, -0.1) is 0 Å². The number of amides is 1. The van der Waals surface area contributed by atoms with Gasteiger partial charge in [0, 0.05) is 42.0 Å². The van der Waals surface area contributed by atoms with Crippen molar-refractivity contribution in [2.45, 2.75) is 57.7 Å². The van der Waals surface area contributed by atoms with Crippen LogP contribution >= 0.6 is 0 Å². The molecule has 1 aromatic carbocycles. The largest absolute Gasteiger partial charge is 0.378 e. The maximum absolute atomic E-state index is 12.4. The fourth-order valence-corrected chi connectivity index (χ4v) is 4.41. The minimum absolute atomic E-state index is 0.0363. The van der Waals surface area contributed by atoms with Crippen molar-refractivity contribution in [3.8, 4) is 0 Å². The van der Waals surface area contributed by atoms with Gasteiger partial charge in [-0.3, -0.25) is 4.79 Å². The highest BCUT2D eigenvalue weighted by Gasteiger charge is 2.45. The van der Waals surface area contributed by atoms with Crippen LogP contribution in [-0.2, 0) is 9.53 Å². The van der Waals surface area contributed by atoms with E-state index in [1.165, 1.54) is 10.8 Å². The lowest BCUT2D eigenvalue weighted by Gasteiger charge is -2.51. The molecule has 0 unspecified atom stereocenters. The van der Waals surface area contributed by atoms with Crippen LogP contribution in [0.4, 0.5) is 5.69 Å². The Balaban J connectivity index is 1.56. The molecule has 3 rings (SSSR count). The third-order valence-corrected chi connectivity index (χ3v) is 5.68. The zero-order valence-electron chi connectivity index (χ0n) is 17.4. The van der Waals surface area contributed by atoms with E-state index in [1.807, 2.05) is 45.9 Å². The van der Waals surface area contributed by atoms with Crippen LogP contribution in [0.3, 0.4) is 0 Å². The number of nitrogens with zero attached hydrogens (tertiary/aromatic N) is 2. The molecule has 0 radical (unpaired) electrons. The summed E-state index contributed by atoms with van der Waals surface area (Å²) in [7, 11) is 0. The molecule has 2 saturated heterocycles. The summed E-state index contributed by atoms with van der Waals surface area (Å²) >= 11 is 0. The first-order chi connectivity index (χ1) is 13.2. The number of nitrogens with one attached hydrogen (secondary N) is 1. The Morgan fingerprint density at radius 3 is 2.25 bits per heavy atom. The van der Waals surface area contributed by atoms with Crippen LogP contribution in [0.15, 0.2) is 30.3 Å². The molecule has 6 nitrogen and oxygen atoms in total. The fraction of sp³-hybridized carbons (Fsp3) is 0.591. The first-order valence-electron chi connectivity index (χ1n) is 10.1. The third kappa shape index (κ3) is 4.93. The molecule has 2 fully saturated rings. The van der Waals surface area contributed by atoms with E-state index in [0.717, 1.165) is 31.9 Å². The number of hydroxylamine groups is 2. The van der Waals surface area contributed by atoms with Gasteiger partial charge in [0.05, 0.1) is 13.2 Å². The predicted octanol–water partition coefficient (Wildman–Crippen LogP) is 3.06. The molecule has 1 amide bonds. The van der Waals surface area contributed by atoms with Gasteiger partial charge in [-0.25, -0.2) is 0 Å². The Morgan fingerprint density at radius 2 is 1.68 bits per heavy atom.